The molecule has 0 unspecified atom stereocenters. The zero-order valence-corrected chi connectivity index (χ0v) is 16.2. The molecule has 5 heteroatoms. The smallest absolute Gasteiger partial charge is 0.233 e. The Morgan fingerprint density at radius 2 is 1.68 bits per heavy atom. The van der Waals surface area contributed by atoms with Gasteiger partial charge in [-0.25, -0.2) is 0 Å². The molecule has 1 N–H and O–H groups in total. The number of hydrogen-bond donors (Lipinski definition) is 1. The summed E-state index contributed by atoms with van der Waals surface area (Å²) in [6, 6.07) is 14.0. The van der Waals surface area contributed by atoms with E-state index in [-0.39, 0.29) is 48.6 Å². The fraction of sp³-hybridized carbons (Fsp3) is 0.435. The highest BCUT2D eigenvalue weighted by Gasteiger charge is 2.47. The lowest BCUT2D eigenvalue weighted by Crippen LogP contribution is -2.36. The minimum Gasteiger partial charge on any atom is -0.350 e. The molecular formula is C23H26N2O3. The standard InChI is InChI=1S/C23H26N2O3/c1-15(17-12-6-8-16-7-2-3-9-18(16)17)24-21(26)13-14-25-22(27)19-10-4-5-11-20(19)23(25)28/h2-3,6-9,12,15,19-20H,4-5,10-11,13-14H2,1H3,(H,24,26)/t15-,19-,20-/m0/s1. The molecule has 1 aliphatic heterocycles. The lowest BCUT2D eigenvalue weighted by Gasteiger charge is -2.19. The Morgan fingerprint density at radius 1 is 1.04 bits per heavy atom. The van der Waals surface area contributed by atoms with Crippen LogP contribution in [0.4, 0.5) is 0 Å². The summed E-state index contributed by atoms with van der Waals surface area (Å²) in [6.07, 6.45) is 3.77. The maximum absolute atomic E-state index is 12.5. The Bertz CT molecular complexity index is 894. The third-order valence-electron chi connectivity index (χ3n) is 6.16. The second-order valence-corrected chi connectivity index (χ2v) is 7.93. The van der Waals surface area contributed by atoms with Crippen molar-refractivity contribution in [2.45, 2.75) is 45.1 Å². The van der Waals surface area contributed by atoms with E-state index < -0.39 is 0 Å². The van der Waals surface area contributed by atoms with Crippen LogP contribution in [0.3, 0.4) is 0 Å². The van der Waals surface area contributed by atoms with Gasteiger partial charge in [-0.2, -0.15) is 0 Å². The number of likely N-dealkylation sites (tertiary alicyclic amines) is 1. The number of carbonyl (C=O) groups excluding carboxylic acids is 3. The molecule has 146 valence electrons. The van der Waals surface area contributed by atoms with Gasteiger partial charge in [-0.05, 0) is 36.1 Å². The van der Waals surface area contributed by atoms with Gasteiger partial charge >= 0.3 is 0 Å². The first kappa shape index (κ1) is 18.7. The predicted octanol–water partition coefficient (Wildman–Crippen LogP) is 3.58. The van der Waals surface area contributed by atoms with Crippen LogP contribution in [0.1, 0.15) is 50.6 Å². The molecule has 2 aliphatic rings. The van der Waals surface area contributed by atoms with Crippen LogP contribution in [0.25, 0.3) is 10.8 Å². The number of nitrogens with zero attached hydrogens (tertiary/aromatic N) is 1. The first-order chi connectivity index (χ1) is 13.6. The summed E-state index contributed by atoms with van der Waals surface area (Å²) >= 11 is 0. The molecule has 1 heterocycles. The van der Waals surface area contributed by atoms with E-state index in [1.54, 1.807) is 0 Å². The van der Waals surface area contributed by atoms with Gasteiger partial charge in [0.1, 0.15) is 0 Å². The number of carbonyl (C=O) groups is 3. The maximum atomic E-state index is 12.5. The summed E-state index contributed by atoms with van der Waals surface area (Å²) < 4.78 is 0. The van der Waals surface area contributed by atoms with Crippen molar-refractivity contribution < 1.29 is 14.4 Å². The van der Waals surface area contributed by atoms with Crippen LogP contribution in [0.2, 0.25) is 0 Å². The van der Waals surface area contributed by atoms with Gasteiger partial charge in [-0.1, -0.05) is 55.3 Å². The first-order valence-electron chi connectivity index (χ1n) is 10.2. The predicted molar refractivity (Wildman–Crippen MR) is 107 cm³/mol. The van der Waals surface area contributed by atoms with Crippen LogP contribution in [-0.2, 0) is 14.4 Å². The van der Waals surface area contributed by atoms with Crippen molar-refractivity contribution in [1.82, 2.24) is 10.2 Å². The molecule has 1 saturated heterocycles. The highest BCUT2D eigenvalue weighted by molar-refractivity contribution is 6.05. The van der Waals surface area contributed by atoms with E-state index in [0.717, 1.165) is 42.0 Å². The SMILES string of the molecule is C[C@H](NC(=O)CCN1C(=O)[C@H]2CCCC[C@@H]2C1=O)c1cccc2ccccc12. The Labute approximate surface area is 165 Å². The molecule has 0 spiro atoms. The fourth-order valence-corrected chi connectivity index (χ4v) is 4.68. The van der Waals surface area contributed by atoms with Gasteiger partial charge in [0.2, 0.25) is 17.7 Å². The summed E-state index contributed by atoms with van der Waals surface area (Å²) in [5.41, 5.74) is 1.06. The van der Waals surface area contributed by atoms with Crippen LogP contribution in [0.15, 0.2) is 42.5 Å². The number of hydrogen-bond acceptors (Lipinski definition) is 3. The maximum Gasteiger partial charge on any atom is 0.233 e. The van der Waals surface area contributed by atoms with Crippen molar-refractivity contribution in [3.8, 4) is 0 Å². The minimum absolute atomic E-state index is 0.0791. The second kappa shape index (κ2) is 7.74. The lowest BCUT2D eigenvalue weighted by atomic mass is 9.81. The van der Waals surface area contributed by atoms with Gasteiger partial charge in [0.15, 0.2) is 0 Å². The summed E-state index contributed by atoms with van der Waals surface area (Å²) in [5.74, 6) is -0.608. The summed E-state index contributed by atoms with van der Waals surface area (Å²) in [5, 5.41) is 5.27. The Hall–Kier alpha value is -2.69. The first-order valence-corrected chi connectivity index (χ1v) is 10.2. The number of imide groups is 1. The number of benzene rings is 2. The monoisotopic (exact) mass is 378 g/mol. The van der Waals surface area contributed by atoms with E-state index in [1.165, 1.54) is 4.90 Å². The van der Waals surface area contributed by atoms with Gasteiger partial charge < -0.3 is 5.32 Å². The van der Waals surface area contributed by atoms with Gasteiger partial charge in [0.05, 0.1) is 17.9 Å². The third-order valence-corrected chi connectivity index (χ3v) is 6.16. The number of rotatable bonds is 5. The van der Waals surface area contributed by atoms with Crippen molar-refractivity contribution in [3.63, 3.8) is 0 Å². The van der Waals surface area contributed by atoms with E-state index in [9.17, 15) is 14.4 Å². The molecule has 2 fully saturated rings. The quantitative estimate of drug-likeness (QED) is 0.809. The van der Waals surface area contributed by atoms with E-state index in [2.05, 4.69) is 23.5 Å². The van der Waals surface area contributed by atoms with Crippen LogP contribution in [-0.4, -0.2) is 29.2 Å². The molecule has 2 aromatic rings. The van der Waals surface area contributed by atoms with E-state index in [1.807, 2.05) is 31.2 Å². The largest absolute Gasteiger partial charge is 0.350 e. The normalized spacial score (nSPS) is 23.0. The Morgan fingerprint density at radius 3 is 2.39 bits per heavy atom. The van der Waals surface area contributed by atoms with E-state index in [0.29, 0.717) is 0 Å². The van der Waals surface area contributed by atoms with E-state index >= 15 is 0 Å². The molecule has 1 aliphatic carbocycles. The van der Waals surface area contributed by atoms with Crippen molar-refractivity contribution in [2.24, 2.45) is 11.8 Å². The summed E-state index contributed by atoms with van der Waals surface area (Å²) in [6.45, 7) is 2.14. The highest BCUT2D eigenvalue weighted by Crippen LogP contribution is 2.38. The van der Waals surface area contributed by atoms with Crippen molar-refractivity contribution in [2.75, 3.05) is 6.54 Å². The molecule has 0 aromatic heterocycles. The van der Waals surface area contributed by atoms with Crippen molar-refractivity contribution >= 4 is 28.5 Å². The van der Waals surface area contributed by atoms with Crippen molar-refractivity contribution in [1.29, 1.82) is 0 Å². The topological polar surface area (TPSA) is 66.5 Å². The summed E-state index contributed by atoms with van der Waals surface area (Å²) in [7, 11) is 0. The minimum atomic E-state index is -0.154. The molecule has 1 saturated carbocycles. The molecule has 3 atom stereocenters. The van der Waals surface area contributed by atoms with Crippen LogP contribution < -0.4 is 5.32 Å². The van der Waals surface area contributed by atoms with Crippen LogP contribution >= 0.6 is 0 Å². The molecule has 0 radical (unpaired) electrons. The van der Waals surface area contributed by atoms with Crippen LogP contribution in [0, 0.1) is 11.8 Å². The van der Waals surface area contributed by atoms with Gasteiger partial charge in [-0.15, -0.1) is 0 Å². The molecule has 4 rings (SSSR count). The highest BCUT2D eigenvalue weighted by atomic mass is 16.2. The average Bonchev–Trinajstić information content (AvgIpc) is 2.96. The molecule has 28 heavy (non-hydrogen) atoms. The molecule has 3 amide bonds. The second-order valence-electron chi connectivity index (χ2n) is 7.93. The zero-order chi connectivity index (χ0) is 19.7. The molecule has 5 nitrogen and oxygen atoms in total. The van der Waals surface area contributed by atoms with Gasteiger partial charge in [-0.3, -0.25) is 19.3 Å². The van der Waals surface area contributed by atoms with Gasteiger partial charge in [0.25, 0.3) is 0 Å². The molecule has 2 aromatic carbocycles. The van der Waals surface area contributed by atoms with Crippen LogP contribution in [0.5, 0.6) is 0 Å². The average molecular weight is 378 g/mol. The van der Waals surface area contributed by atoms with Gasteiger partial charge in [0, 0.05) is 13.0 Å². The number of nitrogens with one attached hydrogen (secondary N) is 1. The third kappa shape index (κ3) is 3.41. The Balaban J connectivity index is 1.38. The van der Waals surface area contributed by atoms with E-state index in [4.69, 9.17) is 0 Å². The number of amides is 3. The molecule has 0 bridgehead atoms. The fourth-order valence-electron chi connectivity index (χ4n) is 4.68. The molecular weight excluding hydrogens is 352 g/mol. The zero-order valence-electron chi connectivity index (χ0n) is 16.2. The van der Waals surface area contributed by atoms with Crippen molar-refractivity contribution in [3.05, 3.63) is 48.0 Å². The number of fused-ring (bicyclic) bond motifs is 2. The Kier molecular flexibility index (Phi) is 5.16. The summed E-state index contributed by atoms with van der Waals surface area (Å²) in [4.78, 5) is 38.9. The lowest BCUT2D eigenvalue weighted by molar-refractivity contribution is -0.140.